The van der Waals surface area contributed by atoms with E-state index in [1.54, 1.807) is 19.2 Å². The first-order valence-corrected chi connectivity index (χ1v) is 7.35. The molecule has 1 heterocycles. The van der Waals surface area contributed by atoms with Gasteiger partial charge in [-0.1, -0.05) is 23.7 Å². The molecule has 0 radical (unpaired) electrons. The molecule has 3 aromatic rings. The third-order valence-electron chi connectivity index (χ3n) is 3.96. The molecule has 0 aliphatic rings. The highest BCUT2D eigenvalue weighted by atomic mass is 35.5. The topological polar surface area (TPSA) is 42.1 Å². The molecule has 0 fully saturated rings. The fraction of sp³-hybridized carbons (Fsp3) is 0.167. The Kier molecular flexibility index (Phi) is 3.67. The molecule has 1 aromatic heterocycles. The molecule has 0 saturated carbocycles. The van der Waals surface area contributed by atoms with Crippen molar-refractivity contribution in [3.05, 3.63) is 52.0 Å². The number of aryl methyl sites for hydroxylation is 2. The van der Waals surface area contributed by atoms with Crippen molar-refractivity contribution in [1.29, 1.82) is 0 Å². The number of hydrogen-bond acceptors (Lipinski definition) is 2. The quantitative estimate of drug-likeness (QED) is 0.697. The second-order valence-electron chi connectivity index (χ2n) is 5.33. The second kappa shape index (κ2) is 5.50. The highest BCUT2D eigenvalue weighted by Crippen LogP contribution is 2.38. The Labute approximate surface area is 133 Å². The summed E-state index contributed by atoms with van der Waals surface area (Å²) in [6, 6.07) is 9.45. The number of aromatic nitrogens is 1. The summed E-state index contributed by atoms with van der Waals surface area (Å²) < 4.78 is 5.42. The van der Waals surface area contributed by atoms with Crippen LogP contribution in [0.4, 0.5) is 0 Å². The number of hydrogen-bond donors (Lipinski definition) is 1. The molecule has 0 aliphatic carbocycles. The van der Waals surface area contributed by atoms with Crippen LogP contribution in [-0.4, -0.2) is 18.4 Å². The number of benzene rings is 2. The number of fused-ring (bicyclic) bond motifs is 1. The predicted octanol–water partition coefficient (Wildman–Crippen LogP) is 4.93. The Morgan fingerprint density at radius 3 is 2.55 bits per heavy atom. The van der Waals surface area contributed by atoms with Crippen molar-refractivity contribution in [3.63, 3.8) is 0 Å². The van der Waals surface area contributed by atoms with Crippen LogP contribution in [0.1, 0.15) is 21.5 Å². The largest absolute Gasteiger partial charge is 0.496 e. The summed E-state index contributed by atoms with van der Waals surface area (Å²) in [5, 5.41) is 1.55. The van der Waals surface area contributed by atoms with Gasteiger partial charge >= 0.3 is 0 Å². The summed E-state index contributed by atoms with van der Waals surface area (Å²) in [6.07, 6.45) is 0.890. The van der Waals surface area contributed by atoms with Gasteiger partial charge in [-0.05, 0) is 43.2 Å². The van der Waals surface area contributed by atoms with E-state index in [1.165, 1.54) is 0 Å². The molecule has 0 unspecified atom stereocenters. The maximum atomic E-state index is 11.7. The number of ether oxygens (including phenoxy) is 1. The summed E-state index contributed by atoms with van der Waals surface area (Å²) in [5.74, 6) is 0.675. The molecule has 2 aromatic carbocycles. The van der Waals surface area contributed by atoms with Crippen LogP contribution in [0.3, 0.4) is 0 Å². The zero-order valence-corrected chi connectivity index (χ0v) is 13.4. The van der Waals surface area contributed by atoms with Gasteiger partial charge < -0.3 is 9.72 Å². The van der Waals surface area contributed by atoms with E-state index in [0.717, 1.165) is 39.6 Å². The molecule has 22 heavy (non-hydrogen) atoms. The van der Waals surface area contributed by atoms with E-state index < -0.39 is 0 Å². The lowest BCUT2D eigenvalue weighted by Gasteiger charge is -2.08. The summed E-state index contributed by atoms with van der Waals surface area (Å²) >= 11 is 6.12. The van der Waals surface area contributed by atoms with E-state index in [1.807, 2.05) is 32.0 Å². The van der Waals surface area contributed by atoms with E-state index in [-0.39, 0.29) is 0 Å². The van der Waals surface area contributed by atoms with Crippen LogP contribution >= 0.6 is 11.6 Å². The number of methoxy groups -OCH3 is 1. The van der Waals surface area contributed by atoms with E-state index >= 15 is 0 Å². The van der Waals surface area contributed by atoms with Crippen LogP contribution in [-0.2, 0) is 0 Å². The van der Waals surface area contributed by atoms with Gasteiger partial charge in [0.05, 0.1) is 12.8 Å². The average molecular weight is 314 g/mol. The van der Waals surface area contributed by atoms with Crippen molar-refractivity contribution >= 4 is 28.8 Å². The number of nitrogens with one attached hydrogen (secondary N) is 1. The third-order valence-corrected chi connectivity index (χ3v) is 4.19. The highest BCUT2D eigenvalue weighted by molar-refractivity contribution is 6.31. The van der Waals surface area contributed by atoms with Crippen molar-refractivity contribution < 1.29 is 9.53 Å². The van der Waals surface area contributed by atoms with Crippen molar-refractivity contribution in [2.24, 2.45) is 0 Å². The van der Waals surface area contributed by atoms with Gasteiger partial charge in [-0.25, -0.2) is 0 Å². The zero-order chi connectivity index (χ0) is 15.9. The van der Waals surface area contributed by atoms with Gasteiger partial charge in [0.25, 0.3) is 0 Å². The average Bonchev–Trinajstić information content (AvgIpc) is 2.91. The van der Waals surface area contributed by atoms with E-state index in [4.69, 9.17) is 16.3 Å². The van der Waals surface area contributed by atoms with Gasteiger partial charge in [0.15, 0.2) is 6.29 Å². The minimum Gasteiger partial charge on any atom is -0.496 e. The zero-order valence-electron chi connectivity index (χ0n) is 12.7. The lowest BCUT2D eigenvalue weighted by molar-refractivity contribution is 0.112. The molecule has 0 atom stereocenters. The van der Waals surface area contributed by atoms with Crippen LogP contribution in [0.5, 0.6) is 5.75 Å². The monoisotopic (exact) mass is 313 g/mol. The van der Waals surface area contributed by atoms with Gasteiger partial charge in [-0.3, -0.25) is 4.79 Å². The molecule has 112 valence electrons. The number of carbonyl (C=O) groups excluding carboxylic acids is 1. The summed E-state index contributed by atoms with van der Waals surface area (Å²) in [4.78, 5) is 15.1. The minimum absolute atomic E-state index is 0.597. The van der Waals surface area contributed by atoms with E-state index in [2.05, 4.69) is 4.98 Å². The summed E-state index contributed by atoms with van der Waals surface area (Å²) in [6.45, 7) is 4.02. The van der Waals surface area contributed by atoms with Crippen molar-refractivity contribution in [3.8, 4) is 17.0 Å². The summed E-state index contributed by atoms with van der Waals surface area (Å²) in [5.41, 5.74) is 5.28. The van der Waals surface area contributed by atoms with Crippen LogP contribution in [0, 0.1) is 13.8 Å². The molecule has 0 amide bonds. The standard InChI is InChI=1S/C18H16ClNO2/c1-10-4-5-11(2)17-16(10)14(9-21)18(20-17)13-8-12(19)6-7-15(13)22-3/h4-9,20H,1-3H3. The van der Waals surface area contributed by atoms with Gasteiger partial charge in [-0.2, -0.15) is 0 Å². The minimum atomic E-state index is 0.597. The Hall–Kier alpha value is -2.26. The third kappa shape index (κ3) is 2.18. The lowest BCUT2D eigenvalue weighted by Crippen LogP contribution is -1.91. The second-order valence-corrected chi connectivity index (χ2v) is 5.76. The van der Waals surface area contributed by atoms with Crippen LogP contribution in [0.15, 0.2) is 30.3 Å². The van der Waals surface area contributed by atoms with Gasteiger partial charge in [0.2, 0.25) is 0 Å². The Bertz CT molecular complexity index is 880. The predicted molar refractivity (Wildman–Crippen MR) is 90.2 cm³/mol. The molecular weight excluding hydrogens is 298 g/mol. The first-order chi connectivity index (χ1) is 10.6. The van der Waals surface area contributed by atoms with E-state index in [0.29, 0.717) is 16.3 Å². The smallest absolute Gasteiger partial charge is 0.152 e. The van der Waals surface area contributed by atoms with Crippen molar-refractivity contribution in [2.45, 2.75) is 13.8 Å². The lowest BCUT2D eigenvalue weighted by atomic mass is 10.0. The Morgan fingerprint density at radius 1 is 1.14 bits per heavy atom. The SMILES string of the molecule is COc1ccc(Cl)cc1-c1[nH]c2c(C)ccc(C)c2c1C=O. The molecule has 0 saturated heterocycles. The van der Waals surface area contributed by atoms with Crippen molar-refractivity contribution in [2.75, 3.05) is 7.11 Å². The number of carbonyl (C=O) groups is 1. The number of rotatable bonds is 3. The normalized spacial score (nSPS) is 10.9. The number of aldehydes is 1. The number of H-pyrrole nitrogens is 1. The highest BCUT2D eigenvalue weighted by Gasteiger charge is 2.18. The molecular formula is C18H16ClNO2. The van der Waals surface area contributed by atoms with Gasteiger partial charge in [-0.15, -0.1) is 0 Å². The van der Waals surface area contributed by atoms with Gasteiger partial charge in [0.1, 0.15) is 5.75 Å². The van der Waals surface area contributed by atoms with Crippen LogP contribution < -0.4 is 4.74 Å². The van der Waals surface area contributed by atoms with Gasteiger partial charge in [0, 0.05) is 27.1 Å². The first-order valence-electron chi connectivity index (χ1n) is 6.97. The molecule has 1 N–H and O–H groups in total. The molecule has 0 bridgehead atoms. The molecule has 3 nitrogen and oxygen atoms in total. The molecule has 0 aliphatic heterocycles. The first kappa shape index (κ1) is 14.7. The maximum absolute atomic E-state index is 11.7. The molecule has 0 spiro atoms. The molecule has 4 heteroatoms. The fourth-order valence-corrected chi connectivity index (χ4v) is 3.01. The van der Waals surface area contributed by atoms with Crippen molar-refractivity contribution in [1.82, 2.24) is 4.98 Å². The Morgan fingerprint density at radius 2 is 1.86 bits per heavy atom. The summed E-state index contributed by atoms with van der Waals surface area (Å²) in [7, 11) is 1.60. The maximum Gasteiger partial charge on any atom is 0.152 e. The Balaban J connectivity index is 2.42. The van der Waals surface area contributed by atoms with Crippen LogP contribution in [0.25, 0.3) is 22.2 Å². The van der Waals surface area contributed by atoms with Crippen LogP contribution in [0.2, 0.25) is 5.02 Å². The molecule has 3 rings (SSSR count). The number of halogens is 1. The number of aromatic amines is 1. The fourth-order valence-electron chi connectivity index (χ4n) is 2.84. The van der Waals surface area contributed by atoms with E-state index in [9.17, 15) is 4.79 Å².